The number of nitrogens with zero attached hydrogens (tertiary/aromatic N) is 3. The molecule has 8 nitrogen and oxygen atoms in total. The Morgan fingerprint density at radius 1 is 1.09 bits per heavy atom. The van der Waals surface area contributed by atoms with Crippen LogP contribution in [0.4, 0.5) is 20.3 Å². The molecule has 11 heteroatoms. The first-order valence-electron chi connectivity index (χ1n) is 9.78. The topological polar surface area (TPSA) is 112 Å². The van der Waals surface area contributed by atoms with E-state index in [4.69, 9.17) is 22.1 Å². The number of benzene rings is 2. The minimum atomic E-state index is -0.821. The molecular weight excluding hydrogens is 468 g/mol. The van der Waals surface area contributed by atoms with Gasteiger partial charge in [0, 0.05) is 23.1 Å². The quantitative estimate of drug-likeness (QED) is 0.432. The average molecular weight is 484 g/mol. The average Bonchev–Trinajstić information content (AvgIpc) is 2.80. The van der Waals surface area contributed by atoms with Crippen LogP contribution in [-0.2, 0) is 0 Å². The van der Waals surface area contributed by atoms with Gasteiger partial charge in [-0.3, -0.25) is 14.2 Å². The summed E-state index contributed by atoms with van der Waals surface area (Å²) in [6, 6.07) is 11.9. The molecule has 34 heavy (non-hydrogen) atoms. The molecule has 0 bridgehead atoms. The van der Waals surface area contributed by atoms with Crippen LogP contribution in [0.15, 0.2) is 65.7 Å². The molecule has 0 aliphatic rings. The summed E-state index contributed by atoms with van der Waals surface area (Å²) in [6.45, 7) is 1.68. The van der Waals surface area contributed by atoms with E-state index in [1.807, 2.05) is 0 Å². The van der Waals surface area contributed by atoms with E-state index in [2.05, 4.69) is 15.3 Å². The first-order valence-corrected chi connectivity index (χ1v) is 10.2. The molecule has 0 radical (unpaired) electrons. The lowest BCUT2D eigenvalue weighted by molar-refractivity contribution is 0.102. The summed E-state index contributed by atoms with van der Waals surface area (Å²) in [5.74, 6) is -2.40. The zero-order chi connectivity index (χ0) is 24.4. The maximum atomic E-state index is 14.6. The van der Waals surface area contributed by atoms with E-state index < -0.39 is 23.1 Å². The number of nitrogen functional groups attached to an aromatic ring is 1. The number of carbonyl (C=O) groups is 1. The van der Waals surface area contributed by atoms with Crippen LogP contribution >= 0.6 is 11.6 Å². The highest BCUT2D eigenvalue weighted by Gasteiger charge is 2.17. The fourth-order valence-electron chi connectivity index (χ4n) is 3.12. The van der Waals surface area contributed by atoms with E-state index in [9.17, 15) is 18.4 Å². The monoisotopic (exact) mass is 483 g/mol. The van der Waals surface area contributed by atoms with Gasteiger partial charge in [0.1, 0.15) is 28.5 Å². The molecule has 2 aromatic carbocycles. The minimum absolute atomic E-state index is 0.0275. The van der Waals surface area contributed by atoms with Gasteiger partial charge in [-0.1, -0.05) is 11.6 Å². The van der Waals surface area contributed by atoms with Crippen LogP contribution in [0.1, 0.15) is 16.1 Å². The Kier molecular flexibility index (Phi) is 6.24. The third kappa shape index (κ3) is 4.57. The summed E-state index contributed by atoms with van der Waals surface area (Å²) < 4.78 is 34.5. The van der Waals surface area contributed by atoms with Crippen molar-refractivity contribution < 1.29 is 18.3 Å². The Morgan fingerprint density at radius 3 is 2.53 bits per heavy atom. The smallest absolute Gasteiger partial charge is 0.268 e. The second-order valence-corrected chi connectivity index (χ2v) is 7.46. The maximum Gasteiger partial charge on any atom is 0.268 e. The largest absolute Gasteiger partial charge is 0.434 e. The maximum absolute atomic E-state index is 14.6. The van der Waals surface area contributed by atoms with E-state index >= 15 is 0 Å². The van der Waals surface area contributed by atoms with Gasteiger partial charge in [0.05, 0.1) is 0 Å². The Balaban J connectivity index is 1.58. The van der Waals surface area contributed by atoms with Gasteiger partial charge in [-0.2, -0.15) is 4.98 Å². The Hall–Kier alpha value is -4.31. The van der Waals surface area contributed by atoms with Gasteiger partial charge < -0.3 is 15.8 Å². The third-order valence-electron chi connectivity index (χ3n) is 4.79. The predicted molar refractivity (Wildman–Crippen MR) is 123 cm³/mol. The molecule has 0 unspecified atom stereocenters. The molecule has 0 atom stereocenters. The van der Waals surface area contributed by atoms with Crippen LogP contribution in [0.5, 0.6) is 11.6 Å². The number of hydrogen-bond acceptors (Lipinski definition) is 6. The number of nitrogens with one attached hydrogen (secondary N) is 1. The Morgan fingerprint density at radius 2 is 1.82 bits per heavy atom. The number of ether oxygens (including phenoxy) is 1. The van der Waals surface area contributed by atoms with E-state index in [0.717, 1.165) is 12.4 Å². The zero-order valence-electron chi connectivity index (χ0n) is 17.6. The van der Waals surface area contributed by atoms with Crippen molar-refractivity contribution >= 4 is 29.0 Å². The van der Waals surface area contributed by atoms with Crippen molar-refractivity contribution in [3.05, 3.63) is 99.2 Å². The number of carbonyl (C=O) groups excluding carboxylic acids is 1. The Bertz CT molecular complexity index is 1460. The van der Waals surface area contributed by atoms with Crippen molar-refractivity contribution in [3.63, 3.8) is 0 Å². The normalized spacial score (nSPS) is 10.7. The van der Waals surface area contributed by atoms with Crippen LogP contribution < -0.4 is 21.3 Å². The molecule has 4 aromatic rings. The predicted octanol–water partition coefficient (Wildman–Crippen LogP) is 4.49. The lowest BCUT2D eigenvalue weighted by atomic mass is 10.2. The van der Waals surface area contributed by atoms with Gasteiger partial charge in [0.2, 0.25) is 5.88 Å². The molecule has 0 aliphatic heterocycles. The summed E-state index contributed by atoms with van der Waals surface area (Å²) >= 11 is 5.95. The number of hydrogen-bond donors (Lipinski definition) is 2. The van der Waals surface area contributed by atoms with Crippen molar-refractivity contribution in [1.29, 1.82) is 0 Å². The van der Waals surface area contributed by atoms with Crippen LogP contribution in [0.2, 0.25) is 5.02 Å². The Labute approximate surface area is 196 Å². The van der Waals surface area contributed by atoms with Gasteiger partial charge in [-0.05, 0) is 55.5 Å². The zero-order valence-corrected chi connectivity index (χ0v) is 18.3. The number of pyridine rings is 1. The molecule has 0 fully saturated rings. The number of nitrogens with two attached hydrogens (primary N) is 1. The van der Waals surface area contributed by atoms with Gasteiger partial charge in [-0.25, -0.2) is 13.8 Å². The van der Waals surface area contributed by atoms with Crippen molar-refractivity contribution in [2.75, 3.05) is 11.1 Å². The molecule has 0 saturated heterocycles. The van der Waals surface area contributed by atoms with E-state index in [1.165, 1.54) is 47.0 Å². The number of rotatable bonds is 5. The highest BCUT2D eigenvalue weighted by Crippen LogP contribution is 2.32. The molecule has 0 spiro atoms. The molecular formula is C23H16ClF2N5O3. The van der Waals surface area contributed by atoms with E-state index in [1.54, 1.807) is 13.0 Å². The molecule has 4 rings (SSSR count). The summed E-state index contributed by atoms with van der Waals surface area (Å²) in [6.07, 6.45) is 1.11. The summed E-state index contributed by atoms with van der Waals surface area (Å²) in [4.78, 5) is 33.2. The number of aryl methyl sites for hydroxylation is 1. The second-order valence-electron chi connectivity index (χ2n) is 7.08. The van der Waals surface area contributed by atoms with E-state index in [-0.39, 0.29) is 33.7 Å². The minimum Gasteiger partial charge on any atom is -0.434 e. The standard InChI is InChI=1S/C23H16ClF2N5O3/c1-12-2-8-16(23(33)31(12)15-6-3-13(25)4-7-15)21(32)30-14-5-9-18(17(26)10-14)34-22-19(24)20(27)28-11-29-22/h2-11H,1H3,(H,30,32)(H2,27,28,29). The lowest BCUT2D eigenvalue weighted by Gasteiger charge is -2.13. The fraction of sp³-hybridized carbons (Fsp3) is 0.0435. The molecule has 2 heterocycles. The molecule has 2 aromatic heterocycles. The van der Waals surface area contributed by atoms with Crippen molar-refractivity contribution in [2.24, 2.45) is 0 Å². The highest BCUT2D eigenvalue weighted by atomic mass is 35.5. The first kappa shape index (κ1) is 22.9. The molecule has 3 N–H and O–H groups in total. The summed E-state index contributed by atoms with van der Waals surface area (Å²) in [5.41, 5.74) is 5.81. The van der Waals surface area contributed by atoms with Crippen LogP contribution in [-0.4, -0.2) is 20.4 Å². The van der Waals surface area contributed by atoms with Crippen molar-refractivity contribution in [2.45, 2.75) is 6.92 Å². The highest BCUT2D eigenvalue weighted by molar-refractivity contribution is 6.34. The third-order valence-corrected chi connectivity index (χ3v) is 5.14. The van der Waals surface area contributed by atoms with Crippen LogP contribution in [0.3, 0.4) is 0 Å². The number of aromatic nitrogens is 3. The number of amides is 1. The number of anilines is 2. The van der Waals surface area contributed by atoms with E-state index in [0.29, 0.717) is 11.4 Å². The van der Waals surface area contributed by atoms with Crippen molar-refractivity contribution in [3.8, 4) is 17.3 Å². The molecule has 172 valence electrons. The molecule has 1 amide bonds. The summed E-state index contributed by atoms with van der Waals surface area (Å²) in [5, 5.41) is 2.41. The second kappa shape index (κ2) is 9.28. The van der Waals surface area contributed by atoms with Gasteiger partial charge in [-0.15, -0.1) is 0 Å². The molecule has 0 saturated carbocycles. The van der Waals surface area contributed by atoms with Gasteiger partial charge in [0.15, 0.2) is 11.6 Å². The van der Waals surface area contributed by atoms with Gasteiger partial charge in [0.25, 0.3) is 11.5 Å². The first-order chi connectivity index (χ1) is 16.2. The van der Waals surface area contributed by atoms with Crippen molar-refractivity contribution in [1.82, 2.24) is 14.5 Å². The SMILES string of the molecule is Cc1ccc(C(=O)Nc2ccc(Oc3ncnc(N)c3Cl)c(F)c2)c(=O)n1-c1ccc(F)cc1. The molecule has 0 aliphatic carbocycles. The fourth-order valence-corrected chi connectivity index (χ4v) is 3.25. The summed E-state index contributed by atoms with van der Waals surface area (Å²) in [7, 11) is 0. The van der Waals surface area contributed by atoms with Crippen LogP contribution in [0.25, 0.3) is 5.69 Å². The van der Waals surface area contributed by atoms with Crippen LogP contribution in [0, 0.1) is 18.6 Å². The van der Waals surface area contributed by atoms with Gasteiger partial charge >= 0.3 is 0 Å². The lowest BCUT2D eigenvalue weighted by Crippen LogP contribution is -2.29. The number of halogens is 3.